The van der Waals surface area contributed by atoms with Crippen molar-refractivity contribution >= 4 is 23.6 Å². The lowest BCUT2D eigenvalue weighted by atomic mass is 9.87. The van der Waals surface area contributed by atoms with Crippen LogP contribution >= 0.6 is 0 Å². The van der Waals surface area contributed by atoms with Crippen molar-refractivity contribution in [1.82, 2.24) is 4.48 Å². The minimum absolute atomic E-state index is 0. The number of carbonyl (C=O) groups excluding carboxylic acids is 1. The molecule has 9 heteroatoms. The molecule has 4 unspecified atom stereocenters. The van der Waals surface area contributed by atoms with Gasteiger partial charge in [-0.25, -0.2) is 0 Å². The molecule has 260 valence electrons. The van der Waals surface area contributed by atoms with Gasteiger partial charge in [0.2, 0.25) is 0 Å². The number of rotatable bonds is 10. The van der Waals surface area contributed by atoms with Crippen LogP contribution in [0.3, 0.4) is 0 Å². The van der Waals surface area contributed by atoms with Crippen molar-refractivity contribution in [2.75, 3.05) is 47.9 Å². The second-order valence-electron chi connectivity index (χ2n) is 13.1. The summed E-state index contributed by atoms with van der Waals surface area (Å²) in [5.41, 5.74) is 4.63. The van der Waals surface area contributed by atoms with Gasteiger partial charge in [-0.1, -0.05) is 83.7 Å². The van der Waals surface area contributed by atoms with Crippen molar-refractivity contribution in [3.8, 4) is 0 Å². The molecule has 2 aromatic carbocycles. The monoisotopic (exact) mass is 645 g/mol. The van der Waals surface area contributed by atoms with Gasteiger partial charge < -0.3 is 29.3 Å². The van der Waals surface area contributed by atoms with Gasteiger partial charge in [0.1, 0.15) is 12.2 Å². The van der Waals surface area contributed by atoms with Gasteiger partial charge in [-0.05, 0) is 18.9 Å². The Kier molecular flexibility index (Phi) is 19.3. The Morgan fingerprint density at radius 2 is 1.41 bits per heavy atom. The first-order valence-corrected chi connectivity index (χ1v) is 16.1. The van der Waals surface area contributed by atoms with Crippen molar-refractivity contribution in [2.24, 2.45) is 17.8 Å². The van der Waals surface area contributed by atoms with E-state index in [-0.39, 0.29) is 13.3 Å². The molecular formula is C37H61N2O7+. The zero-order chi connectivity index (χ0) is 34.2. The lowest BCUT2D eigenvalue weighted by Gasteiger charge is -2.28. The minimum atomic E-state index is -1.37. The fourth-order valence-electron chi connectivity index (χ4n) is 5.76. The van der Waals surface area contributed by atoms with Crippen LogP contribution in [-0.2, 0) is 32.1 Å². The summed E-state index contributed by atoms with van der Waals surface area (Å²) in [7, 11) is 7.97. The van der Waals surface area contributed by atoms with E-state index in [0.29, 0.717) is 6.42 Å². The number of aliphatic carboxylic acids is 3. The van der Waals surface area contributed by atoms with Gasteiger partial charge in [0, 0.05) is 49.4 Å². The first-order chi connectivity index (χ1) is 21.1. The van der Waals surface area contributed by atoms with Crippen LogP contribution in [0.4, 0.5) is 5.69 Å². The molecule has 0 aromatic heterocycles. The highest BCUT2D eigenvalue weighted by Gasteiger charge is 2.40. The fourth-order valence-corrected chi connectivity index (χ4v) is 5.76. The van der Waals surface area contributed by atoms with Crippen LogP contribution < -0.4 is 9.59 Å². The highest BCUT2D eigenvalue weighted by Crippen LogP contribution is 2.37. The second-order valence-corrected chi connectivity index (χ2v) is 13.1. The van der Waals surface area contributed by atoms with Crippen LogP contribution in [0, 0.1) is 17.8 Å². The zero-order valence-corrected chi connectivity index (χ0v) is 28.7. The lowest BCUT2D eigenvalue weighted by Crippen LogP contribution is -2.44. The van der Waals surface area contributed by atoms with Crippen molar-refractivity contribution in [3.63, 3.8) is 0 Å². The van der Waals surface area contributed by atoms with E-state index in [1.165, 1.54) is 63.0 Å². The maximum Gasteiger partial charge on any atom is 0.309 e. The smallest absolute Gasteiger partial charge is 0.309 e. The Balaban J connectivity index is 0.000000598. The molecule has 0 aliphatic carbocycles. The van der Waals surface area contributed by atoms with E-state index in [1.54, 1.807) is 25.1 Å². The number of fused-ring (bicyclic) bond motifs is 2. The van der Waals surface area contributed by atoms with Gasteiger partial charge in [-0.2, -0.15) is 0 Å². The Morgan fingerprint density at radius 3 is 1.83 bits per heavy atom. The normalized spacial score (nSPS) is 16.7. The molecule has 1 spiro atoms. The topological polar surface area (TPSA) is 124 Å². The summed E-state index contributed by atoms with van der Waals surface area (Å²) < 4.78 is 7.21. The maximum absolute atomic E-state index is 10.8. The Morgan fingerprint density at radius 1 is 0.870 bits per heavy atom. The third-order valence-corrected chi connectivity index (χ3v) is 8.57. The summed E-state index contributed by atoms with van der Waals surface area (Å²) in [4.78, 5) is 31.3. The molecule has 1 fully saturated rings. The van der Waals surface area contributed by atoms with Gasteiger partial charge in [-0.3, -0.25) is 14.1 Å². The Hall–Kier alpha value is -3.27. The summed E-state index contributed by atoms with van der Waals surface area (Å²) in [6, 6.07) is 19.6. The van der Waals surface area contributed by atoms with E-state index < -0.39 is 35.8 Å². The van der Waals surface area contributed by atoms with Gasteiger partial charge in [0.15, 0.2) is 0 Å². The number of para-hydroxylation sites is 1. The SMILES string of the molecule is C.CCC(C)C(=O)O.CCC(OC)C(C(=O)O)C(C)C(=O)[O-].C[N+](C)(C)Cc1ccccc1.c1ccc2c(c1)CC[N+]21CCCC1. The lowest BCUT2D eigenvalue weighted by molar-refractivity contribution is -0.884. The Labute approximate surface area is 278 Å². The van der Waals surface area contributed by atoms with Gasteiger partial charge in [0.25, 0.3) is 0 Å². The number of ether oxygens (including phenoxy) is 1. The molecule has 2 N–H and O–H groups in total. The number of nitrogens with zero attached hydrogens (tertiary/aromatic N) is 2. The molecule has 2 heterocycles. The summed E-state index contributed by atoms with van der Waals surface area (Å²) in [5, 5.41) is 27.6. The average molecular weight is 646 g/mol. The maximum atomic E-state index is 10.8. The van der Waals surface area contributed by atoms with Crippen LogP contribution in [0.1, 0.15) is 71.9 Å². The molecule has 0 amide bonds. The second kappa shape index (κ2) is 20.8. The number of hydrogen-bond acceptors (Lipinski definition) is 5. The highest BCUT2D eigenvalue weighted by molar-refractivity contribution is 5.79. The quantitative estimate of drug-likeness (QED) is 0.328. The standard InChI is InChI=1S/C12H16N.C10H16N.C9H16O5.C5H10O2.CH4/c1-2-6-12-11(5-1)7-10-13(12)8-3-4-9-13;1-11(2,3)9-10-7-5-4-6-8-10;1-4-6(14-3)7(9(12)13)5(2)8(10)11;1-3-4(2)5(6)7;/h1-2,5-6H,3-4,7-10H2;4-8H,9H2,1-3H3;5-7H,4H2,1-3H3,(H,10,11)(H,12,13);4H,3H2,1-2H3,(H,6,7);1H4/q2*+1;;;/p-1. The van der Waals surface area contributed by atoms with Gasteiger partial charge >= 0.3 is 11.9 Å². The summed E-state index contributed by atoms with van der Waals surface area (Å²) in [6.45, 7) is 11.8. The molecule has 0 saturated carbocycles. The van der Waals surface area contributed by atoms with E-state index in [9.17, 15) is 19.5 Å². The van der Waals surface area contributed by atoms with Crippen molar-refractivity contribution in [1.29, 1.82) is 0 Å². The number of carboxylic acids is 3. The van der Waals surface area contributed by atoms with Gasteiger partial charge in [-0.15, -0.1) is 0 Å². The number of carbonyl (C=O) groups is 3. The molecule has 2 aromatic rings. The molecule has 4 rings (SSSR count). The molecule has 0 bridgehead atoms. The summed E-state index contributed by atoms with van der Waals surface area (Å²) >= 11 is 0. The zero-order valence-electron chi connectivity index (χ0n) is 28.7. The van der Waals surface area contributed by atoms with E-state index in [1.807, 2.05) is 6.92 Å². The van der Waals surface area contributed by atoms with E-state index in [2.05, 4.69) is 75.7 Å². The molecule has 46 heavy (non-hydrogen) atoms. The fraction of sp³-hybridized carbons (Fsp3) is 0.595. The number of quaternary nitrogens is 2. The summed E-state index contributed by atoms with van der Waals surface area (Å²) in [6.07, 6.45) is 4.72. The third-order valence-electron chi connectivity index (χ3n) is 8.57. The molecule has 2 aliphatic heterocycles. The number of carboxylic acid groups (broad SMARTS) is 3. The molecule has 1 saturated heterocycles. The molecule has 0 radical (unpaired) electrons. The predicted molar refractivity (Wildman–Crippen MR) is 184 cm³/mol. The molecular weight excluding hydrogens is 584 g/mol. The predicted octanol–water partition coefficient (Wildman–Crippen LogP) is 5.49. The first kappa shape index (κ1) is 42.7. The largest absolute Gasteiger partial charge is 0.550 e. The van der Waals surface area contributed by atoms with Crippen LogP contribution in [0.15, 0.2) is 54.6 Å². The van der Waals surface area contributed by atoms with Crippen LogP contribution in [-0.4, -0.2) is 86.6 Å². The molecule has 4 atom stereocenters. The number of benzene rings is 2. The van der Waals surface area contributed by atoms with E-state index >= 15 is 0 Å². The van der Waals surface area contributed by atoms with Crippen molar-refractivity contribution in [2.45, 2.75) is 79.9 Å². The van der Waals surface area contributed by atoms with Crippen LogP contribution in [0.2, 0.25) is 0 Å². The first-order valence-electron chi connectivity index (χ1n) is 16.1. The van der Waals surface area contributed by atoms with Crippen molar-refractivity contribution in [3.05, 3.63) is 65.7 Å². The number of methoxy groups -OCH3 is 1. The van der Waals surface area contributed by atoms with Gasteiger partial charge in [0.05, 0.1) is 58.7 Å². The van der Waals surface area contributed by atoms with Crippen LogP contribution in [0.5, 0.6) is 0 Å². The summed E-state index contributed by atoms with van der Waals surface area (Å²) in [5.74, 6) is -5.54. The molecule has 2 aliphatic rings. The third kappa shape index (κ3) is 14.0. The average Bonchev–Trinajstić information content (AvgIpc) is 3.63. The Bertz CT molecular complexity index is 1170. The van der Waals surface area contributed by atoms with E-state index in [0.717, 1.165) is 17.4 Å². The van der Waals surface area contributed by atoms with Crippen LogP contribution in [0.25, 0.3) is 0 Å². The molecule has 9 nitrogen and oxygen atoms in total. The van der Waals surface area contributed by atoms with E-state index in [4.69, 9.17) is 14.9 Å². The minimum Gasteiger partial charge on any atom is -0.550 e. The van der Waals surface area contributed by atoms with Crippen molar-refractivity contribution < 1.29 is 38.9 Å². The highest BCUT2D eigenvalue weighted by atomic mass is 16.5. The number of hydrogen-bond donors (Lipinski definition) is 2.